The van der Waals surface area contributed by atoms with Crippen molar-refractivity contribution in [2.75, 3.05) is 0 Å². The molecule has 0 atom stereocenters. The number of fused-ring (bicyclic) bond motifs is 6. The van der Waals surface area contributed by atoms with Crippen molar-refractivity contribution in [3.63, 3.8) is 0 Å². The molecule has 0 heterocycles. The molecule has 0 fully saturated rings. The molecule has 38 heavy (non-hydrogen) atoms. The third-order valence-electron chi connectivity index (χ3n) is 6.57. The molecule has 10 heteroatoms. The van der Waals surface area contributed by atoms with Gasteiger partial charge in [0.15, 0.2) is 10.9 Å². The van der Waals surface area contributed by atoms with Gasteiger partial charge in [-0.05, 0) is 81.2 Å². The fourth-order valence-electron chi connectivity index (χ4n) is 4.92. The highest BCUT2D eigenvalue weighted by Gasteiger charge is 2.34. The predicted octanol–water partition coefficient (Wildman–Crippen LogP) is 7.62. The number of hydrogen-bond donors (Lipinski definition) is 0. The second-order valence-electron chi connectivity index (χ2n) is 8.81. The van der Waals surface area contributed by atoms with Crippen molar-refractivity contribution in [3.8, 4) is 16.9 Å². The molecule has 0 unspecified atom stereocenters. The number of rotatable bonds is 2. The molecule has 0 radical (unpaired) electrons. The Morgan fingerprint density at radius 2 is 1.03 bits per heavy atom. The first-order valence-corrected chi connectivity index (χ1v) is 11.0. The molecule has 6 rings (SSSR count). The van der Waals surface area contributed by atoms with E-state index in [1.54, 1.807) is 12.1 Å². The molecule has 0 aliphatic rings. The summed E-state index contributed by atoms with van der Waals surface area (Å²) in [5.74, 6) is -1.96. The normalized spacial score (nSPS) is 12.8. The van der Waals surface area contributed by atoms with Gasteiger partial charge in [0, 0.05) is 21.5 Å². The van der Waals surface area contributed by atoms with Crippen LogP contribution in [0.5, 0.6) is 5.75 Å². The molecule has 0 saturated carbocycles. The summed E-state index contributed by atoms with van der Waals surface area (Å²) in [6.07, 6.45) is -9.83. The van der Waals surface area contributed by atoms with Gasteiger partial charge in [0.1, 0.15) is 11.6 Å². The first-order valence-electron chi connectivity index (χ1n) is 11.0. The molecule has 0 aliphatic carbocycles. The Balaban J connectivity index is 1.55. The van der Waals surface area contributed by atoms with Crippen LogP contribution in [0.1, 0.15) is 5.56 Å². The van der Waals surface area contributed by atoms with Crippen LogP contribution in [0.3, 0.4) is 0 Å². The van der Waals surface area contributed by atoms with E-state index in [4.69, 9.17) is 0 Å². The lowest BCUT2D eigenvalue weighted by molar-refractivity contribution is -0.274. The van der Waals surface area contributed by atoms with Gasteiger partial charge in [-0.15, -0.1) is 13.2 Å². The number of ether oxygens (including phenoxy) is 1. The molecular formula is C28H11F7O3. The quantitative estimate of drug-likeness (QED) is 0.217. The van der Waals surface area contributed by atoms with Crippen LogP contribution < -0.4 is 15.6 Å². The summed E-state index contributed by atoms with van der Waals surface area (Å²) in [5.41, 5.74) is -2.14. The Morgan fingerprint density at radius 3 is 1.63 bits per heavy atom. The van der Waals surface area contributed by atoms with E-state index in [-0.39, 0.29) is 32.7 Å². The van der Waals surface area contributed by atoms with Crippen molar-refractivity contribution in [2.45, 2.75) is 12.5 Å². The maximum atomic E-state index is 13.7. The van der Waals surface area contributed by atoms with Gasteiger partial charge in [0.2, 0.25) is 0 Å². The predicted molar refractivity (Wildman–Crippen MR) is 128 cm³/mol. The lowest BCUT2D eigenvalue weighted by Gasteiger charge is -2.10. The van der Waals surface area contributed by atoms with Gasteiger partial charge in [0.25, 0.3) is 0 Å². The molecule has 0 aliphatic heterocycles. The number of alkyl halides is 6. The smallest absolute Gasteiger partial charge is 0.406 e. The standard InChI is InChI=1S/C28H11F7O3/c29-24-6-2-13(8-23(24)27(30,31)32)12-1-4-15-17-10-18-16-5-3-14(38-28(33,34)35)9-20(16)26(37)22(18)11-21(17)25(36)19(15)7-12/h1-11H. The van der Waals surface area contributed by atoms with Gasteiger partial charge in [0.05, 0.1) is 5.56 Å². The van der Waals surface area contributed by atoms with E-state index in [0.717, 1.165) is 12.1 Å². The van der Waals surface area contributed by atoms with Gasteiger partial charge >= 0.3 is 12.5 Å². The van der Waals surface area contributed by atoms with Crippen LogP contribution >= 0.6 is 0 Å². The van der Waals surface area contributed by atoms with Crippen molar-refractivity contribution in [2.24, 2.45) is 0 Å². The van der Waals surface area contributed by atoms with E-state index in [1.807, 2.05) is 0 Å². The number of halogens is 7. The molecule has 190 valence electrons. The number of benzene rings is 4. The van der Waals surface area contributed by atoms with E-state index < -0.39 is 40.5 Å². The van der Waals surface area contributed by atoms with Crippen molar-refractivity contribution in [1.82, 2.24) is 0 Å². The summed E-state index contributed by atoms with van der Waals surface area (Å²) in [6.45, 7) is 0. The molecule has 0 N–H and O–H groups in total. The van der Waals surface area contributed by atoms with Crippen LogP contribution in [-0.4, -0.2) is 6.36 Å². The lowest BCUT2D eigenvalue weighted by Crippen LogP contribution is -2.17. The van der Waals surface area contributed by atoms with Crippen LogP contribution in [-0.2, 0) is 6.18 Å². The molecule has 0 amide bonds. The fourth-order valence-corrected chi connectivity index (χ4v) is 4.92. The van der Waals surface area contributed by atoms with Crippen LogP contribution in [0, 0.1) is 5.82 Å². The summed E-state index contributed by atoms with van der Waals surface area (Å²) in [5, 5.41) is 2.28. The van der Waals surface area contributed by atoms with Crippen LogP contribution in [0.4, 0.5) is 30.7 Å². The second-order valence-corrected chi connectivity index (χ2v) is 8.81. The minimum atomic E-state index is -4.93. The highest BCUT2D eigenvalue weighted by molar-refractivity contribution is 6.21. The Labute approximate surface area is 207 Å². The monoisotopic (exact) mass is 528 g/mol. The first kappa shape index (κ1) is 23.9. The highest BCUT2D eigenvalue weighted by Crippen LogP contribution is 2.37. The van der Waals surface area contributed by atoms with Gasteiger partial charge in [-0.2, -0.15) is 13.2 Å². The largest absolute Gasteiger partial charge is 0.573 e. The van der Waals surface area contributed by atoms with Gasteiger partial charge < -0.3 is 4.74 Å². The zero-order valence-corrected chi connectivity index (χ0v) is 18.7. The molecule has 0 saturated heterocycles. The van der Waals surface area contributed by atoms with E-state index in [1.165, 1.54) is 30.3 Å². The van der Waals surface area contributed by atoms with Crippen LogP contribution in [0.25, 0.3) is 54.2 Å². The van der Waals surface area contributed by atoms with E-state index >= 15 is 0 Å². The molecule has 3 nitrogen and oxygen atoms in total. The molecular weight excluding hydrogens is 517 g/mol. The maximum Gasteiger partial charge on any atom is 0.573 e. The average molecular weight is 528 g/mol. The topological polar surface area (TPSA) is 43.4 Å². The van der Waals surface area contributed by atoms with E-state index in [2.05, 4.69) is 4.74 Å². The number of hydrogen-bond acceptors (Lipinski definition) is 3. The molecule has 0 aromatic heterocycles. The molecule has 6 aromatic carbocycles. The first-order chi connectivity index (χ1) is 17.8. The SMILES string of the molecule is O=c1c2cc(OC(F)(F)F)ccc2c2cc3c(cc12)c(=O)c1cc(-c2ccc(F)c(C(F)(F)F)c2)ccc13. The Kier molecular flexibility index (Phi) is 4.88. The zero-order chi connectivity index (χ0) is 27.1. The zero-order valence-electron chi connectivity index (χ0n) is 18.7. The minimum Gasteiger partial charge on any atom is -0.406 e. The van der Waals surface area contributed by atoms with Crippen molar-refractivity contribution < 1.29 is 35.5 Å². The van der Waals surface area contributed by atoms with Crippen LogP contribution in [0.2, 0.25) is 0 Å². The summed E-state index contributed by atoms with van der Waals surface area (Å²) in [4.78, 5) is 26.2. The second kappa shape index (κ2) is 7.77. The maximum absolute atomic E-state index is 13.7. The Hall–Kier alpha value is -4.47. The Morgan fingerprint density at radius 1 is 0.526 bits per heavy atom. The van der Waals surface area contributed by atoms with E-state index in [0.29, 0.717) is 33.7 Å². The van der Waals surface area contributed by atoms with Gasteiger partial charge in [-0.25, -0.2) is 4.39 Å². The van der Waals surface area contributed by atoms with Gasteiger partial charge in [-0.1, -0.05) is 18.2 Å². The third-order valence-corrected chi connectivity index (χ3v) is 6.57. The summed E-state index contributed by atoms with van der Waals surface area (Å²) < 4.78 is 95.0. The Bertz CT molecular complexity index is 2030. The van der Waals surface area contributed by atoms with Crippen LogP contribution in [0.15, 0.2) is 76.3 Å². The van der Waals surface area contributed by atoms with Crippen molar-refractivity contribution in [3.05, 3.63) is 98.6 Å². The van der Waals surface area contributed by atoms with Gasteiger partial charge in [-0.3, -0.25) is 9.59 Å². The fraction of sp³-hybridized carbons (Fsp3) is 0.0714. The average Bonchev–Trinajstić information content (AvgIpc) is 3.27. The van der Waals surface area contributed by atoms with Crippen molar-refractivity contribution in [1.29, 1.82) is 0 Å². The molecule has 6 aromatic rings. The molecule has 0 bridgehead atoms. The summed E-state index contributed by atoms with van der Waals surface area (Å²) >= 11 is 0. The third kappa shape index (κ3) is 3.67. The highest BCUT2D eigenvalue weighted by atomic mass is 19.4. The lowest BCUT2D eigenvalue weighted by atomic mass is 10.00. The minimum absolute atomic E-state index is 0.00484. The summed E-state index contributed by atoms with van der Waals surface area (Å²) in [6, 6.07) is 13.4. The van der Waals surface area contributed by atoms with E-state index in [9.17, 15) is 40.3 Å². The van der Waals surface area contributed by atoms with Crippen molar-refractivity contribution >= 4 is 43.1 Å². The molecule has 0 spiro atoms. The summed E-state index contributed by atoms with van der Waals surface area (Å²) in [7, 11) is 0.